The summed E-state index contributed by atoms with van der Waals surface area (Å²) >= 11 is 0. The fourth-order valence-electron chi connectivity index (χ4n) is 2.15. The number of hydrogen-bond acceptors (Lipinski definition) is 6. The average Bonchev–Trinajstić information content (AvgIpc) is 2.27. The minimum absolute atomic E-state index is 0.0808. The molecule has 3 N–H and O–H groups in total. The van der Waals surface area contributed by atoms with Gasteiger partial charge in [0.2, 0.25) is 5.95 Å². The largest absolute Gasteiger partial charge is 0.377 e. The highest BCUT2D eigenvalue weighted by molar-refractivity contribution is 5.54. The number of anilines is 3. The van der Waals surface area contributed by atoms with Crippen LogP contribution in [0.1, 0.15) is 20.8 Å². The molecule has 6 heteroatoms. The van der Waals surface area contributed by atoms with E-state index in [1.807, 2.05) is 13.0 Å². The van der Waals surface area contributed by atoms with Crippen LogP contribution in [0.2, 0.25) is 0 Å². The summed E-state index contributed by atoms with van der Waals surface area (Å²) in [7, 11) is 0. The number of nitrogens with zero attached hydrogens (tertiary/aromatic N) is 3. The van der Waals surface area contributed by atoms with Crippen molar-refractivity contribution < 1.29 is 4.74 Å². The predicted molar refractivity (Wildman–Crippen MR) is 72.9 cm³/mol. The molecule has 0 aromatic carbocycles. The summed E-state index contributed by atoms with van der Waals surface area (Å²) in [6.07, 6.45) is 0. The van der Waals surface area contributed by atoms with Crippen LogP contribution in [0.4, 0.5) is 17.6 Å². The standard InChI is InChI=1S/C12H21N5O/c1-4-14-9-7-10(16-11(13)15-9)17-5-6-18-8-12(17,2)3/h7H,4-6,8H2,1-3H3,(H3,13,14,15,16). The molecule has 0 radical (unpaired) electrons. The Kier molecular flexibility index (Phi) is 3.56. The second-order valence-electron chi connectivity index (χ2n) is 5.02. The monoisotopic (exact) mass is 251 g/mol. The predicted octanol–water partition coefficient (Wildman–Crippen LogP) is 1.11. The number of nitrogens with one attached hydrogen (secondary N) is 1. The molecule has 100 valence electrons. The van der Waals surface area contributed by atoms with Gasteiger partial charge in [-0.1, -0.05) is 0 Å². The third-order valence-corrected chi connectivity index (χ3v) is 3.01. The number of hydrogen-bond donors (Lipinski definition) is 2. The molecule has 6 nitrogen and oxygen atoms in total. The van der Waals surface area contributed by atoms with E-state index < -0.39 is 0 Å². The molecule has 1 aliphatic rings. The van der Waals surface area contributed by atoms with E-state index in [4.69, 9.17) is 10.5 Å². The van der Waals surface area contributed by atoms with Crippen LogP contribution in [-0.4, -0.2) is 41.8 Å². The molecule has 1 fully saturated rings. The molecular formula is C12H21N5O. The number of nitrogens with two attached hydrogens (primary N) is 1. The SMILES string of the molecule is CCNc1cc(N2CCOCC2(C)C)nc(N)n1. The van der Waals surface area contributed by atoms with E-state index in [0.717, 1.165) is 24.7 Å². The lowest BCUT2D eigenvalue weighted by molar-refractivity contribution is 0.0639. The van der Waals surface area contributed by atoms with Gasteiger partial charge >= 0.3 is 0 Å². The quantitative estimate of drug-likeness (QED) is 0.838. The van der Waals surface area contributed by atoms with Crippen LogP contribution < -0.4 is 16.0 Å². The van der Waals surface area contributed by atoms with Crippen molar-refractivity contribution in [3.8, 4) is 0 Å². The maximum atomic E-state index is 5.76. The maximum Gasteiger partial charge on any atom is 0.223 e. The van der Waals surface area contributed by atoms with Crippen LogP contribution in [-0.2, 0) is 4.74 Å². The van der Waals surface area contributed by atoms with Gasteiger partial charge in [-0.3, -0.25) is 0 Å². The van der Waals surface area contributed by atoms with Gasteiger partial charge in [0.05, 0.1) is 18.8 Å². The molecule has 18 heavy (non-hydrogen) atoms. The van der Waals surface area contributed by atoms with Crippen LogP contribution in [0, 0.1) is 0 Å². The fourth-order valence-corrected chi connectivity index (χ4v) is 2.15. The van der Waals surface area contributed by atoms with Crippen molar-refractivity contribution in [2.45, 2.75) is 26.3 Å². The van der Waals surface area contributed by atoms with Gasteiger partial charge in [-0.2, -0.15) is 9.97 Å². The summed E-state index contributed by atoms with van der Waals surface area (Å²) in [4.78, 5) is 10.7. The van der Waals surface area contributed by atoms with Crippen molar-refractivity contribution in [1.29, 1.82) is 0 Å². The van der Waals surface area contributed by atoms with E-state index in [0.29, 0.717) is 19.2 Å². The van der Waals surface area contributed by atoms with Gasteiger partial charge in [0.15, 0.2) is 0 Å². The third-order valence-electron chi connectivity index (χ3n) is 3.01. The second-order valence-corrected chi connectivity index (χ2v) is 5.02. The van der Waals surface area contributed by atoms with Crippen LogP contribution in [0.5, 0.6) is 0 Å². The minimum Gasteiger partial charge on any atom is -0.377 e. The Bertz CT molecular complexity index is 421. The first-order chi connectivity index (χ1) is 8.53. The molecule has 0 aliphatic carbocycles. The van der Waals surface area contributed by atoms with Gasteiger partial charge in [0.1, 0.15) is 11.6 Å². The lowest BCUT2D eigenvalue weighted by Crippen LogP contribution is -2.53. The van der Waals surface area contributed by atoms with E-state index in [1.54, 1.807) is 0 Å². The number of ether oxygens (including phenoxy) is 1. The summed E-state index contributed by atoms with van der Waals surface area (Å²) in [5.74, 6) is 1.92. The Morgan fingerprint density at radius 1 is 1.50 bits per heavy atom. The van der Waals surface area contributed by atoms with Crippen LogP contribution in [0.15, 0.2) is 6.07 Å². The molecule has 0 atom stereocenters. The van der Waals surface area contributed by atoms with Gasteiger partial charge in [-0.05, 0) is 20.8 Å². The molecule has 2 rings (SSSR count). The Morgan fingerprint density at radius 3 is 2.94 bits per heavy atom. The Morgan fingerprint density at radius 2 is 2.28 bits per heavy atom. The molecule has 1 aliphatic heterocycles. The first kappa shape index (κ1) is 12.9. The number of aromatic nitrogens is 2. The summed E-state index contributed by atoms with van der Waals surface area (Å²) in [5.41, 5.74) is 5.68. The fraction of sp³-hybridized carbons (Fsp3) is 0.667. The molecular weight excluding hydrogens is 230 g/mol. The zero-order chi connectivity index (χ0) is 13.2. The van der Waals surface area contributed by atoms with Gasteiger partial charge in [-0.25, -0.2) is 0 Å². The number of rotatable bonds is 3. The Labute approximate surface area is 108 Å². The summed E-state index contributed by atoms with van der Waals surface area (Å²) in [5, 5.41) is 3.17. The molecule has 2 heterocycles. The van der Waals surface area contributed by atoms with E-state index >= 15 is 0 Å². The van der Waals surface area contributed by atoms with Crippen LogP contribution in [0.25, 0.3) is 0 Å². The lowest BCUT2D eigenvalue weighted by Gasteiger charge is -2.43. The van der Waals surface area contributed by atoms with Gasteiger partial charge in [0, 0.05) is 19.2 Å². The molecule has 1 aromatic heterocycles. The summed E-state index contributed by atoms with van der Waals surface area (Å²) in [6.45, 7) is 9.32. The van der Waals surface area contributed by atoms with Crippen molar-refractivity contribution in [1.82, 2.24) is 9.97 Å². The number of nitrogen functional groups attached to an aromatic ring is 1. The third kappa shape index (κ3) is 2.64. The van der Waals surface area contributed by atoms with Crippen molar-refractivity contribution in [2.75, 3.05) is 42.3 Å². The number of morpholine rings is 1. The van der Waals surface area contributed by atoms with Gasteiger partial charge < -0.3 is 20.7 Å². The molecule has 0 amide bonds. The van der Waals surface area contributed by atoms with Crippen LogP contribution >= 0.6 is 0 Å². The van der Waals surface area contributed by atoms with Crippen molar-refractivity contribution in [3.63, 3.8) is 0 Å². The first-order valence-electron chi connectivity index (χ1n) is 6.27. The lowest BCUT2D eigenvalue weighted by atomic mass is 10.0. The van der Waals surface area contributed by atoms with E-state index in [9.17, 15) is 0 Å². The zero-order valence-corrected chi connectivity index (χ0v) is 11.2. The Hall–Kier alpha value is -1.56. The first-order valence-corrected chi connectivity index (χ1v) is 6.27. The van der Waals surface area contributed by atoms with Gasteiger partial charge in [-0.15, -0.1) is 0 Å². The van der Waals surface area contributed by atoms with E-state index in [2.05, 4.69) is 34.0 Å². The van der Waals surface area contributed by atoms with E-state index in [1.165, 1.54) is 0 Å². The highest BCUT2D eigenvalue weighted by Crippen LogP contribution is 2.27. The molecule has 0 unspecified atom stereocenters. The Balaban J connectivity index is 2.31. The van der Waals surface area contributed by atoms with Crippen molar-refractivity contribution in [2.24, 2.45) is 0 Å². The summed E-state index contributed by atoms with van der Waals surface area (Å²) < 4.78 is 5.51. The topological polar surface area (TPSA) is 76.3 Å². The molecule has 0 spiro atoms. The molecule has 0 saturated carbocycles. The van der Waals surface area contributed by atoms with Crippen LogP contribution in [0.3, 0.4) is 0 Å². The average molecular weight is 251 g/mol. The zero-order valence-electron chi connectivity index (χ0n) is 11.2. The minimum atomic E-state index is -0.0808. The molecule has 1 saturated heterocycles. The highest BCUT2D eigenvalue weighted by atomic mass is 16.5. The molecule has 0 bridgehead atoms. The highest BCUT2D eigenvalue weighted by Gasteiger charge is 2.31. The van der Waals surface area contributed by atoms with Gasteiger partial charge in [0.25, 0.3) is 0 Å². The maximum absolute atomic E-state index is 5.76. The summed E-state index contributed by atoms with van der Waals surface area (Å²) in [6, 6.07) is 1.94. The van der Waals surface area contributed by atoms with Crippen molar-refractivity contribution >= 4 is 17.6 Å². The van der Waals surface area contributed by atoms with E-state index in [-0.39, 0.29) is 5.54 Å². The normalized spacial score (nSPS) is 18.7. The smallest absolute Gasteiger partial charge is 0.223 e. The molecule has 1 aromatic rings. The second kappa shape index (κ2) is 4.97. The van der Waals surface area contributed by atoms with Crippen molar-refractivity contribution in [3.05, 3.63) is 6.07 Å².